The van der Waals surface area contributed by atoms with E-state index in [1.807, 2.05) is 18.9 Å². The summed E-state index contributed by atoms with van der Waals surface area (Å²) < 4.78 is 15.9. The molecule has 9 heteroatoms. The Morgan fingerprint density at radius 1 is 1.21 bits per heavy atom. The van der Waals surface area contributed by atoms with Crippen LogP contribution >= 0.6 is 0 Å². The maximum Gasteiger partial charge on any atom is 0.289 e. The Hall–Kier alpha value is -3.49. The molecule has 0 aliphatic carbocycles. The Balaban J connectivity index is 1.83. The summed E-state index contributed by atoms with van der Waals surface area (Å²) >= 11 is 0. The number of nitrogens with two attached hydrogens (primary N) is 1. The molecule has 1 aromatic carbocycles. The van der Waals surface area contributed by atoms with E-state index in [0.717, 1.165) is 0 Å². The average molecular weight is 399 g/mol. The molecule has 3 rings (SSSR count). The number of anilines is 2. The van der Waals surface area contributed by atoms with Crippen molar-refractivity contribution in [3.8, 4) is 11.5 Å². The number of hydrogen-bond acceptors (Lipinski definition) is 8. The number of hydrogen-bond donors (Lipinski definition) is 1. The Kier molecular flexibility index (Phi) is 5.76. The van der Waals surface area contributed by atoms with Gasteiger partial charge in [-0.25, -0.2) is 4.98 Å². The van der Waals surface area contributed by atoms with Gasteiger partial charge in [-0.3, -0.25) is 4.79 Å². The lowest BCUT2D eigenvalue weighted by molar-refractivity contribution is 0.0715. The normalized spacial score (nSPS) is 11.9. The van der Waals surface area contributed by atoms with E-state index < -0.39 is 0 Å². The number of furan rings is 1. The van der Waals surface area contributed by atoms with Gasteiger partial charge in [0.05, 0.1) is 26.0 Å². The average Bonchev–Trinajstić information content (AvgIpc) is 3.26. The predicted molar refractivity (Wildman–Crippen MR) is 111 cm³/mol. The summed E-state index contributed by atoms with van der Waals surface area (Å²) in [5.41, 5.74) is 6.81. The topological polar surface area (TPSA) is 107 Å². The number of ether oxygens (including phenoxy) is 2. The van der Waals surface area contributed by atoms with Crippen molar-refractivity contribution in [2.45, 2.75) is 13.0 Å². The van der Waals surface area contributed by atoms with Crippen LogP contribution in [0.25, 0.3) is 10.9 Å². The molecule has 1 atom stereocenters. The molecule has 2 N–H and O–H groups in total. The van der Waals surface area contributed by atoms with Crippen molar-refractivity contribution in [1.82, 2.24) is 14.9 Å². The fraction of sp³-hybridized carbons (Fsp3) is 0.350. The van der Waals surface area contributed by atoms with Crippen molar-refractivity contribution in [2.24, 2.45) is 0 Å². The third kappa shape index (κ3) is 4.03. The molecule has 0 bridgehead atoms. The highest BCUT2D eigenvalue weighted by molar-refractivity contribution is 5.92. The molecule has 29 heavy (non-hydrogen) atoms. The fourth-order valence-electron chi connectivity index (χ4n) is 3.01. The highest BCUT2D eigenvalue weighted by Gasteiger charge is 2.22. The van der Waals surface area contributed by atoms with E-state index >= 15 is 0 Å². The molecular formula is C20H25N5O4. The molecule has 0 radical (unpaired) electrons. The predicted octanol–water partition coefficient (Wildman–Crippen LogP) is 2.42. The van der Waals surface area contributed by atoms with Gasteiger partial charge in [0.15, 0.2) is 17.3 Å². The van der Waals surface area contributed by atoms with Gasteiger partial charge in [0.1, 0.15) is 5.82 Å². The van der Waals surface area contributed by atoms with E-state index in [1.54, 1.807) is 50.4 Å². The zero-order valence-corrected chi connectivity index (χ0v) is 17.2. The molecule has 0 aliphatic rings. The van der Waals surface area contributed by atoms with E-state index in [1.165, 1.54) is 6.26 Å². The molecule has 2 heterocycles. The lowest BCUT2D eigenvalue weighted by atomic mass is 10.2. The molecule has 1 amide bonds. The Labute approximate surface area is 169 Å². The largest absolute Gasteiger partial charge is 0.493 e. The minimum absolute atomic E-state index is 0.122. The zero-order chi connectivity index (χ0) is 21.1. The molecule has 0 fully saturated rings. The first-order valence-electron chi connectivity index (χ1n) is 9.06. The van der Waals surface area contributed by atoms with Gasteiger partial charge in [-0.2, -0.15) is 4.98 Å². The van der Waals surface area contributed by atoms with Crippen molar-refractivity contribution in [1.29, 1.82) is 0 Å². The SMILES string of the molecule is COc1cc2nc(N(C)CC(C)N(C)C(=O)c3ccco3)nc(N)c2cc1OC. The van der Waals surface area contributed by atoms with Crippen LogP contribution in [0.2, 0.25) is 0 Å². The molecule has 0 aliphatic heterocycles. The van der Waals surface area contributed by atoms with Crippen LogP contribution in [0.3, 0.4) is 0 Å². The lowest BCUT2D eigenvalue weighted by Gasteiger charge is -2.28. The summed E-state index contributed by atoms with van der Waals surface area (Å²) in [6.07, 6.45) is 1.48. The number of amides is 1. The third-order valence-corrected chi connectivity index (χ3v) is 4.81. The van der Waals surface area contributed by atoms with Crippen LogP contribution in [0.4, 0.5) is 11.8 Å². The van der Waals surface area contributed by atoms with Gasteiger partial charge in [0.2, 0.25) is 5.95 Å². The van der Waals surface area contributed by atoms with E-state index in [-0.39, 0.29) is 11.9 Å². The number of methoxy groups -OCH3 is 2. The minimum Gasteiger partial charge on any atom is -0.493 e. The van der Waals surface area contributed by atoms with Gasteiger partial charge in [-0.05, 0) is 25.1 Å². The fourth-order valence-corrected chi connectivity index (χ4v) is 3.01. The van der Waals surface area contributed by atoms with E-state index in [9.17, 15) is 4.79 Å². The summed E-state index contributed by atoms with van der Waals surface area (Å²) in [4.78, 5) is 24.9. The Bertz CT molecular complexity index is 1010. The summed E-state index contributed by atoms with van der Waals surface area (Å²) in [6.45, 7) is 2.44. The van der Waals surface area contributed by atoms with Gasteiger partial charge in [0, 0.05) is 38.1 Å². The van der Waals surface area contributed by atoms with Gasteiger partial charge < -0.3 is 29.4 Å². The first-order valence-corrected chi connectivity index (χ1v) is 9.06. The number of carbonyl (C=O) groups excluding carboxylic acids is 1. The first-order chi connectivity index (χ1) is 13.8. The number of aromatic nitrogens is 2. The number of carbonyl (C=O) groups is 1. The summed E-state index contributed by atoms with van der Waals surface area (Å²) in [5, 5.41) is 0.679. The highest BCUT2D eigenvalue weighted by atomic mass is 16.5. The summed E-state index contributed by atoms with van der Waals surface area (Å²) in [6, 6.07) is 6.73. The zero-order valence-electron chi connectivity index (χ0n) is 17.2. The van der Waals surface area contributed by atoms with Crippen LogP contribution < -0.4 is 20.1 Å². The van der Waals surface area contributed by atoms with Gasteiger partial charge in [-0.1, -0.05) is 0 Å². The van der Waals surface area contributed by atoms with Crippen LogP contribution in [0.1, 0.15) is 17.5 Å². The minimum atomic E-state index is -0.188. The van der Waals surface area contributed by atoms with E-state index in [0.29, 0.717) is 46.5 Å². The summed E-state index contributed by atoms with van der Waals surface area (Å²) in [5.74, 6) is 2.02. The van der Waals surface area contributed by atoms with Crippen molar-refractivity contribution in [3.05, 3.63) is 36.3 Å². The third-order valence-electron chi connectivity index (χ3n) is 4.81. The van der Waals surface area contributed by atoms with Gasteiger partial charge in [-0.15, -0.1) is 0 Å². The van der Waals surface area contributed by atoms with E-state index in [2.05, 4.69) is 9.97 Å². The number of rotatable bonds is 7. The molecule has 3 aromatic rings. The molecular weight excluding hydrogens is 374 g/mol. The molecule has 2 aromatic heterocycles. The smallest absolute Gasteiger partial charge is 0.289 e. The standard InChI is InChI=1S/C20H25N5O4/c1-12(25(3)19(26)15-7-6-8-29-15)11-24(2)20-22-14-10-17(28-5)16(27-4)9-13(14)18(21)23-20/h6-10,12H,11H2,1-5H3,(H2,21,22,23). The second kappa shape index (κ2) is 8.26. The van der Waals surface area contributed by atoms with Crippen LogP contribution in [0.15, 0.2) is 34.9 Å². The monoisotopic (exact) mass is 399 g/mol. The van der Waals surface area contributed by atoms with Crippen molar-refractivity contribution in [2.75, 3.05) is 45.5 Å². The number of nitrogens with zero attached hydrogens (tertiary/aromatic N) is 4. The van der Waals surface area contributed by atoms with Gasteiger partial charge >= 0.3 is 0 Å². The maximum atomic E-state index is 12.5. The van der Waals surface area contributed by atoms with Gasteiger partial charge in [0.25, 0.3) is 5.91 Å². The van der Waals surface area contributed by atoms with Crippen LogP contribution in [-0.2, 0) is 0 Å². The molecule has 9 nitrogen and oxygen atoms in total. The van der Waals surface area contributed by atoms with E-state index in [4.69, 9.17) is 19.6 Å². The first kappa shape index (κ1) is 20.2. The van der Waals surface area contributed by atoms with Crippen molar-refractivity contribution < 1.29 is 18.7 Å². The number of benzene rings is 1. The second-order valence-corrected chi connectivity index (χ2v) is 6.76. The molecule has 0 spiro atoms. The maximum absolute atomic E-state index is 12.5. The number of likely N-dealkylation sites (N-methyl/N-ethyl adjacent to an activating group) is 2. The Morgan fingerprint density at radius 3 is 2.52 bits per heavy atom. The summed E-state index contributed by atoms with van der Waals surface area (Å²) in [7, 11) is 6.71. The number of nitrogen functional groups attached to an aromatic ring is 1. The molecule has 0 saturated heterocycles. The molecule has 154 valence electrons. The highest BCUT2D eigenvalue weighted by Crippen LogP contribution is 2.34. The quantitative estimate of drug-likeness (QED) is 0.645. The van der Waals surface area contributed by atoms with Crippen LogP contribution in [-0.4, -0.2) is 61.7 Å². The van der Waals surface area contributed by atoms with Crippen molar-refractivity contribution >= 4 is 28.6 Å². The van der Waals surface area contributed by atoms with Crippen molar-refractivity contribution in [3.63, 3.8) is 0 Å². The van der Waals surface area contributed by atoms with Crippen LogP contribution in [0, 0.1) is 0 Å². The second-order valence-electron chi connectivity index (χ2n) is 6.76. The lowest BCUT2D eigenvalue weighted by Crippen LogP contribution is -2.42. The Morgan fingerprint density at radius 2 is 1.90 bits per heavy atom. The molecule has 0 saturated carbocycles. The van der Waals surface area contributed by atoms with Crippen LogP contribution in [0.5, 0.6) is 11.5 Å². The number of fused-ring (bicyclic) bond motifs is 1. The molecule has 1 unspecified atom stereocenters.